The van der Waals surface area contributed by atoms with Crippen molar-refractivity contribution in [3.05, 3.63) is 58.4 Å². The van der Waals surface area contributed by atoms with E-state index in [-0.39, 0.29) is 11.3 Å². The van der Waals surface area contributed by atoms with Gasteiger partial charge in [-0.1, -0.05) is 23.7 Å². The van der Waals surface area contributed by atoms with Crippen LogP contribution < -0.4 is 11.1 Å². The van der Waals surface area contributed by atoms with Gasteiger partial charge in [-0.05, 0) is 30.7 Å². The molecule has 0 saturated carbocycles. The molecule has 0 fully saturated rings. The zero-order chi connectivity index (χ0) is 17.1. The van der Waals surface area contributed by atoms with Crippen LogP contribution in [0.25, 0.3) is 0 Å². The fourth-order valence-electron chi connectivity index (χ4n) is 2.23. The van der Waals surface area contributed by atoms with E-state index in [0.717, 1.165) is 0 Å². The Morgan fingerprint density at radius 2 is 1.91 bits per heavy atom. The molecule has 0 bridgehead atoms. The summed E-state index contributed by atoms with van der Waals surface area (Å²) >= 11 is 5.81. The van der Waals surface area contributed by atoms with Gasteiger partial charge in [-0.25, -0.2) is 0 Å². The van der Waals surface area contributed by atoms with Gasteiger partial charge in [0, 0.05) is 18.3 Å². The number of aliphatic hydroxyl groups is 1. The van der Waals surface area contributed by atoms with Crippen LogP contribution in [-0.4, -0.2) is 27.5 Å². The molecule has 1 heterocycles. The third-order valence-electron chi connectivity index (χ3n) is 3.57. The maximum atomic E-state index is 12.3. The Labute approximate surface area is 138 Å². The SMILES string of the molecule is CC(NC(=O)c1cc(C(N)=O)cn1C)C(O)c1ccc(Cl)cc1. The number of hydrogen-bond acceptors (Lipinski definition) is 3. The van der Waals surface area contributed by atoms with Crippen LogP contribution in [0.5, 0.6) is 0 Å². The standard InChI is InChI=1S/C16H18ClN3O3/c1-9(14(21)10-3-5-12(17)6-4-10)19-16(23)13-7-11(15(18)22)8-20(13)2/h3-9,14,21H,1-2H3,(H2,18,22)(H,19,23). The largest absolute Gasteiger partial charge is 0.386 e. The van der Waals surface area contributed by atoms with Gasteiger partial charge in [0.2, 0.25) is 5.91 Å². The molecule has 1 aromatic heterocycles. The second kappa shape index (κ2) is 6.85. The van der Waals surface area contributed by atoms with Crippen LogP contribution in [-0.2, 0) is 7.05 Å². The molecule has 2 aromatic rings. The van der Waals surface area contributed by atoms with E-state index in [1.165, 1.54) is 16.8 Å². The summed E-state index contributed by atoms with van der Waals surface area (Å²) in [5.74, 6) is -1.01. The van der Waals surface area contributed by atoms with Gasteiger partial charge in [-0.3, -0.25) is 9.59 Å². The summed E-state index contributed by atoms with van der Waals surface area (Å²) in [6.45, 7) is 1.69. The van der Waals surface area contributed by atoms with Gasteiger partial charge in [0.05, 0.1) is 17.7 Å². The Balaban J connectivity index is 2.10. The number of nitrogens with two attached hydrogens (primary N) is 1. The van der Waals surface area contributed by atoms with Crippen molar-refractivity contribution < 1.29 is 14.7 Å². The second-order valence-electron chi connectivity index (χ2n) is 5.35. The monoisotopic (exact) mass is 335 g/mol. The van der Waals surface area contributed by atoms with Crippen LogP contribution in [0.1, 0.15) is 39.4 Å². The van der Waals surface area contributed by atoms with Gasteiger partial charge >= 0.3 is 0 Å². The highest BCUT2D eigenvalue weighted by Gasteiger charge is 2.21. The number of aryl methyl sites for hydroxylation is 1. The molecular formula is C16H18ClN3O3. The number of primary amides is 1. The number of nitrogens with one attached hydrogen (secondary N) is 1. The van der Waals surface area contributed by atoms with Crippen molar-refractivity contribution >= 4 is 23.4 Å². The lowest BCUT2D eigenvalue weighted by Gasteiger charge is -2.20. The number of halogens is 1. The van der Waals surface area contributed by atoms with Crippen molar-refractivity contribution in [1.29, 1.82) is 0 Å². The predicted octanol–water partition coefficient (Wildman–Crippen LogP) is 1.63. The Kier molecular flexibility index (Phi) is 5.08. The summed E-state index contributed by atoms with van der Waals surface area (Å²) in [5, 5.41) is 13.6. The Bertz CT molecular complexity index is 725. The average molecular weight is 336 g/mol. The molecular weight excluding hydrogens is 318 g/mol. The topological polar surface area (TPSA) is 97.4 Å². The van der Waals surface area contributed by atoms with E-state index < -0.39 is 24.0 Å². The van der Waals surface area contributed by atoms with Gasteiger partial charge < -0.3 is 20.7 Å². The molecule has 122 valence electrons. The first kappa shape index (κ1) is 17.1. The number of rotatable bonds is 5. The van der Waals surface area contributed by atoms with Crippen LogP contribution in [0, 0.1) is 0 Å². The van der Waals surface area contributed by atoms with Gasteiger partial charge in [0.25, 0.3) is 5.91 Å². The van der Waals surface area contributed by atoms with Crippen LogP contribution in [0.2, 0.25) is 5.02 Å². The molecule has 0 aliphatic rings. The van der Waals surface area contributed by atoms with Crippen LogP contribution in [0.15, 0.2) is 36.5 Å². The van der Waals surface area contributed by atoms with Crippen molar-refractivity contribution in [1.82, 2.24) is 9.88 Å². The molecule has 6 nitrogen and oxygen atoms in total. The van der Waals surface area contributed by atoms with Crippen molar-refractivity contribution in [3.63, 3.8) is 0 Å². The highest BCUT2D eigenvalue weighted by atomic mass is 35.5. The Morgan fingerprint density at radius 1 is 1.30 bits per heavy atom. The Morgan fingerprint density at radius 3 is 2.43 bits per heavy atom. The van der Waals surface area contributed by atoms with E-state index in [2.05, 4.69) is 5.32 Å². The number of amides is 2. The third-order valence-corrected chi connectivity index (χ3v) is 3.82. The maximum absolute atomic E-state index is 12.3. The zero-order valence-corrected chi connectivity index (χ0v) is 13.5. The normalized spacial score (nSPS) is 13.4. The van der Waals surface area contributed by atoms with E-state index >= 15 is 0 Å². The quantitative estimate of drug-likeness (QED) is 0.774. The molecule has 0 aliphatic carbocycles. The van der Waals surface area contributed by atoms with Gasteiger partial charge in [0.1, 0.15) is 5.69 Å². The van der Waals surface area contributed by atoms with Crippen LogP contribution in [0.4, 0.5) is 0 Å². The summed E-state index contributed by atoms with van der Waals surface area (Å²) in [6, 6.07) is 7.62. The first-order valence-corrected chi connectivity index (χ1v) is 7.38. The second-order valence-corrected chi connectivity index (χ2v) is 5.78. The number of nitrogens with zero attached hydrogens (tertiary/aromatic N) is 1. The van der Waals surface area contributed by atoms with Gasteiger partial charge in [-0.15, -0.1) is 0 Å². The fourth-order valence-corrected chi connectivity index (χ4v) is 2.36. The summed E-state index contributed by atoms with van der Waals surface area (Å²) in [4.78, 5) is 23.4. The minimum Gasteiger partial charge on any atom is -0.386 e. The summed E-state index contributed by atoms with van der Waals surface area (Å²) in [5.41, 5.74) is 6.38. The fraction of sp³-hybridized carbons (Fsp3) is 0.250. The average Bonchev–Trinajstić information content (AvgIpc) is 2.89. The van der Waals surface area contributed by atoms with Crippen molar-refractivity contribution in [2.45, 2.75) is 19.1 Å². The lowest BCUT2D eigenvalue weighted by molar-refractivity contribution is 0.0844. The molecule has 2 amide bonds. The number of carbonyl (C=O) groups excluding carboxylic acids is 2. The molecule has 2 atom stereocenters. The zero-order valence-electron chi connectivity index (χ0n) is 12.8. The highest BCUT2D eigenvalue weighted by molar-refractivity contribution is 6.30. The molecule has 0 aliphatic heterocycles. The van der Waals surface area contributed by atoms with E-state index in [9.17, 15) is 14.7 Å². The molecule has 0 spiro atoms. The smallest absolute Gasteiger partial charge is 0.268 e. The minimum absolute atomic E-state index is 0.253. The molecule has 4 N–H and O–H groups in total. The van der Waals surface area contributed by atoms with E-state index in [1.807, 2.05) is 0 Å². The first-order valence-electron chi connectivity index (χ1n) is 7.00. The molecule has 0 radical (unpaired) electrons. The van der Waals surface area contributed by atoms with E-state index in [0.29, 0.717) is 10.6 Å². The number of carbonyl (C=O) groups is 2. The van der Waals surface area contributed by atoms with Crippen molar-refractivity contribution in [2.75, 3.05) is 0 Å². The molecule has 1 aromatic carbocycles. The van der Waals surface area contributed by atoms with Crippen LogP contribution in [0.3, 0.4) is 0 Å². The number of aromatic nitrogens is 1. The van der Waals surface area contributed by atoms with Crippen molar-refractivity contribution in [2.24, 2.45) is 12.8 Å². The molecule has 2 rings (SSSR count). The number of hydrogen-bond donors (Lipinski definition) is 3. The first-order chi connectivity index (χ1) is 10.8. The molecule has 7 heteroatoms. The predicted molar refractivity (Wildman–Crippen MR) is 87.3 cm³/mol. The molecule has 2 unspecified atom stereocenters. The minimum atomic E-state index is -0.882. The maximum Gasteiger partial charge on any atom is 0.268 e. The highest BCUT2D eigenvalue weighted by Crippen LogP contribution is 2.19. The lowest BCUT2D eigenvalue weighted by atomic mass is 10.0. The van der Waals surface area contributed by atoms with Crippen molar-refractivity contribution in [3.8, 4) is 0 Å². The van der Waals surface area contributed by atoms with E-state index in [4.69, 9.17) is 17.3 Å². The van der Waals surface area contributed by atoms with Gasteiger partial charge in [0.15, 0.2) is 0 Å². The third kappa shape index (κ3) is 3.91. The number of aliphatic hydroxyl groups excluding tert-OH is 1. The Hall–Kier alpha value is -2.31. The molecule has 0 saturated heterocycles. The summed E-state index contributed by atoms with van der Waals surface area (Å²) in [7, 11) is 1.64. The molecule has 23 heavy (non-hydrogen) atoms. The lowest BCUT2D eigenvalue weighted by Crippen LogP contribution is -2.37. The number of benzene rings is 1. The summed E-state index contributed by atoms with van der Waals surface area (Å²) in [6.07, 6.45) is 0.601. The summed E-state index contributed by atoms with van der Waals surface area (Å²) < 4.78 is 1.51. The van der Waals surface area contributed by atoms with Crippen LogP contribution >= 0.6 is 11.6 Å². The van der Waals surface area contributed by atoms with E-state index in [1.54, 1.807) is 38.2 Å². The van der Waals surface area contributed by atoms with Gasteiger partial charge in [-0.2, -0.15) is 0 Å².